The molecule has 9 aromatic rings. The number of amidine groups is 1. The predicted octanol–water partition coefficient (Wildman–Crippen LogP) is 12.3. The summed E-state index contributed by atoms with van der Waals surface area (Å²) >= 11 is 0. The molecule has 2 unspecified atom stereocenters. The van der Waals surface area contributed by atoms with Crippen molar-refractivity contribution in [3.05, 3.63) is 217 Å². The molecule has 4 heteroatoms. The van der Waals surface area contributed by atoms with Crippen molar-refractivity contribution in [2.45, 2.75) is 12.5 Å². The van der Waals surface area contributed by atoms with Crippen molar-refractivity contribution >= 4 is 27.6 Å². The summed E-state index contributed by atoms with van der Waals surface area (Å²) < 4.78 is 2.45. The molecule has 0 saturated carbocycles. The summed E-state index contributed by atoms with van der Waals surface area (Å²) in [6, 6.07) is 73.6. The fourth-order valence-electron chi connectivity index (χ4n) is 7.97. The van der Waals surface area contributed by atoms with Crippen LogP contribution in [0.15, 0.2) is 211 Å². The van der Waals surface area contributed by atoms with E-state index < -0.39 is 0 Å². The number of rotatable bonds is 7. The van der Waals surface area contributed by atoms with Crippen molar-refractivity contribution in [1.29, 1.82) is 0 Å². The van der Waals surface area contributed by atoms with Crippen molar-refractivity contribution < 1.29 is 0 Å². The highest BCUT2D eigenvalue weighted by atomic mass is 15.4. The molecule has 0 bridgehead atoms. The molecule has 2 atom stereocenters. The molecule has 4 nitrogen and oxygen atoms in total. The molecular weight excluding hydrogens is 669 g/mol. The number of para-hydroxylation sites is 1. The lowest BCUT2D eigenvalue weighted by molar-refractivity contribution is 0.329. The normalized spacial score (nSPS) is 15.5. The highest BCUT2D eigenvalue weighted by Gasteiger charge is 2.29. The summed E-state index contributed by atoms with van der Waals surface area (Å²) in [6.45, 7) is 0. The van der Waals surface area contributed by atoms with Crippen LogP contribution in [-0.2, 0) is 0 Å². The summed E-state index contributed by atoms with van der Waals surface area (Å²) in [5.74, 6) is 0.855. The third kappa shape index (κ3) is 6.19. The zero-order valence-corrected chi connectivity index (χ0v) is 30.2. The topological polar surface area (TPSA) is 41.4 Å². The summed E-state index contributed by atoms with van der Waals surface area (Å²) in [6.07, 6.45) is -0.562. The van der Waals surface area contributed by atoms with Crippen molar-refractivity contribution in [1.82, 2.24) is 15.2 Å². The van der Waals surface area contributed by atoms with E-state index in [2.05, 4.69) is 215 Å². The van der Waals surface area contributed by atoms with Crippen LogP contribution in [0.4, 0.5) is 0 Å². The van der Waals surface area contributed by atoms with E-state index in [0.717, 1.165) is 33.6 Å². The van der Waals surface area contributed by atoms with Crippen LogP contribution in [0.25, 0.3) is 66.3 Å². The largest absolute Gasteiger partial charge is 0.337 e. The summed E-state index contributed by atoms with van der Waals surface area (Å²) in [7, 11) is 0. The maximum atomic E-state index is 5.23. The minimum absolute atomic E-state index is 0.255. The highest BCUT2D eigenvalue weighted by Crippen LogP contribution is 2.42. The smallest absolute Gasteiger partial charge is 0.162 e. The molecule has 8 aromatic carbocycles. The third-order valence-electron chi connectivity index (χ3n) is 10.7. The average Bonchev–Trinajstić information content (AvgIpc) is 3.62. The van der Waals surface area contributed by atoms with Gasteiger partial charge in [-0.25, -0.2) is 4.99 Å². The van der Waals surface area contributed by atoms with Crippen LogP contribution in [-0.4, -0.2) is 10.4 Å². The first-order chi connectivity index (χ1) is 27.3. The van der Waals surface area contributed by atoms with Crippen LogP contribution < -0.4 is 10.6 Å². The van der Waals surface area contributed by atoms with Crippen molar-refractivity contribution in [2.24, 2.45) is 4.99 Å². The van der Waals surface area contributed by atoms with E-state index in [0.29, 0.717) is 0 Å². The van der Waals surface area contributed by atoms with Gasteiger partial charge in [-0.2, -0.15) is 0 Å². The molecule has 0 radical (unpaired) electrons. The minimum Gasteiger partial charge on any atom is -0.337 e. The van der Waals surface area contributed by atoms with Crippen molar-refractivity contribution in [2.75, 3.05) is 0 Å². The second-order valence-corrected chi connectivity index (χ2v) is 14.1. The number of hydrogen-bond acceptors (Lipinski definition) is 3. The van der Waals surface area contributed by atoms with Gasteiger partial charge in [0.2, 0.25) is 0 Å². The average molecular weight is 707 g/mol. The van der Waals surface area contributed by atoms with Gasteiger partial charge in [-0.3, -0.25) is 5.32 Å². The Morgan fingerprint density at radius 2 is 0.873 bits per heavy atom. The van der Waals surface area contributed by atoms with Gasteiger partial charge >= 0.3 is 0 Å². The van der Waals surface area contributed by atoms with Crippen LogP contribution >= 0.6 is 0 Å². The van der Waals surface area contributed by atoms with Gasteiger partial charge in [0.15, 0.2) is 6.29 Å². The van der Waals surface area contributed by atoms with E-state index in [1.807, 2.05) is 6.07 Å². The summed E-state index contributed by atoms with van der Waals surface area (Å²) in [5, 5.41) is 10.1. The number of nitrogens with zero attached hydrogens (tertiary/aromatic N) is 2. The van der Waals surface area contributed by atoms with Crippen LogP contribution in [0.1, 0.15) is 23.6 Å². The van der Waals surface area contributed by atoms with Gasteiger partial charge in [0.1, 0.15) is 12.0 Å². The molecule has 1 aliphatic heterocycles. The highest BCUT2D eigenvalue weighted by molar-refractivity contribution is 6.14. The van der Waals surface area contributed by atoms with E-state index in [1.165, 1.54) is 49.7 Å². The van der Waals surface area contributed by atoms with E-state index >= 15 is 0 Å². The van der Waals surface area contributed by atoms with Crippen LogP contribution in [0.2, 0.25) is 0 Å². The Hall–Kier alpha value is -7.01. The van der Waals surface area contributed by atoms with Gasteiger partial charge in [-0.15, -0.1) is 0 Å². The number of nitrogens with one attached hydrogen (secondary N) is 2. The molecule has 1 aliphatic rings. The van der Waals surface area contributed by atoms with Gasteiger partial charge < -0.3 is 9.88 Å². The Kier molecular flexibility index (Phi) is 8.36. The quantitative estimate of drug-likeness (QED) is 0.173. The van der Waals surface area contributed by atoms with Crippen LogP contribution in [0, 0.1) is 0 Å². The van der Waals surface area contributed by atoms with Gasteiger partial charge in [0, 0.05) is 21.9 Å². The summed E-state index contributed by atoms with van der Waals surface area (Å²) in [4.78, 5) is 5.23. The van der Waals surface area contributed by atoms with E-state index in [1.54, 1.807) is 0 Å². The molecule has 0 aliphatic carbocycles. The first kappa shape index (κ1) is 32.6. The Morgan fingerprint density at radius 1 is 0.400 bits per heavy atom. The number of fused-ring (bicyclic) bond motifs is 3. The van der Waals surface area contributed by atoms with E-state index in [-0.39, 0.29) is 12.5 Å². The van der Waals surface area contributed by atoms with Gasteiger partial charge in [0.05, 0.1) is 11.0 Å². The number of hydrogen-bond donors (Lipinski definition) is 2. The molecule has 1 aromatic heterocycles. The maximum absolute atomic E-state index is 5.23. The maximum Gasteiger partial charge on any atom is 0.162 e. The number of aliphatic imine (C=N–C) groups is 1. The van der Waals surface area contributed by atoms with E-state index in [9.17, 15) is 0 Å². The zero-order chi connectivity index (χ0) is 36.6. The molecule has 2 N–H and O–H groups in total. The Bertz CT molecular complexity index is 2770. The lowest BCUT2D eigenvalue weighted by Crippen LogP contribution is -2.47. The lowest BCUT2D eigenvalue weighted by Gasteiger charge is -2.34. The predicted molar refractivity (Wildman–Crippen MR) is 229 cm³/mol. The lowest BCUT2D eigenvalue weighted by atomic mass is 9.93. The second kappa shape index (κ2) is 14.1. The first-order valence-electron chi connectivity index (χ1n) is 18.9. The molecule has 0 fully saturated rings. The fraction of sp³-hybridized carbons (Fsp3) is 0.0392. The number of aromatic nitrogens is 1. The van der Waals surface area contributed by atoms with Gasteiger partial charge in [-0.1, -0.05) is 188 Å². The van der Waals surface area contributed by atoms with Crippen LogP contribution in [0.5, 0.6) is 0 Å². The standard InChI is InChI=1S/C51H38N4/c1-5-15-35(16-6-1)37-25-27-39(28-26-37)43-33-45(40-31-29-38(30-32-40)36-17-7-2-8-18-36)48-46(34-43)44-23-13-14-24-47(44)55(48)51-53-49(41-19-9-3-10-20-41)52-50(54-51)42-21-11-4-12-22-42/h1-34,49,51,53H,(H,52,54). The SMILES string of the molecule is c1ccc(C2=NC(c3ccccc3)NC(n3c4ccccc4c4cc(-c5ccc(-c6ccccc6)cc5)cc(-c5ccc(-c6ccccc6)cc5)c43)N2)cc1. The second-order valence-electron chi connectivity index (χ2n) is 14.1. The fourth-order valence-corrected chi connectivity index (χ4v) is 7.97. The van der Waals surface area contributed by atoms with Gasteiger partial charge in [0.25, 0.3) is 0 Å². The van der Waals surface area contributed by atoms with Crippen LogP contribution in [0.3, 0.4) is 0 Å². The van der Waals surface area contributed by atoms with E-state index in [4.69, 9.17) is 4.99 Å². The number of benzene rings is 8. The molecular formula is C51H38N4. The molecule has 10 rings (SSSR count). The monoisotopic (exact) mass is 706 g/mol. The zero-order valence-electron chi connectivity index (χ0n) is 30.2. The minimum atomic E-state index is -0.307. The molecule has 262 valence electrons. The molecule has 2 heterocycles. The van der Waals surface area contributed by atoms with Gasteiger partial charge in [-0.05, 0) is 62.7 Å². The van der Waals surface area contributed by atoms with Crippen molar-refractivity contribution in [3.63, 3.8) is 0 Å². The molecule has 55 heavy (non-hydrogen) atoms. The van der Waals surface area contributed by atoms with Crippen molar-refractivity contribution in [3.8, 4) is 44.5 Å². The third-order valence-corrected chi connectivity index (χ3v) is 10.7. The molecule has 0 saturated heterocycles. The first-order valence-corrected chi connectivity index (χ1v) is 18.9. The Labute approximate surface area is 321 Å². The summed E-state index contributed by atoms with van der Waals surface area (Å²) in [5.41, 5.74) is 14.0. The Balaban J connectivity index is 1.18. The molecule has 0 spiro atoms. The molecule has 0 amide bonds. The Morgan fingerprint density at radius 3 is 1.47 bits per heavy atom.